The minimum absolute atomic E-state index is 0.0390. The van der Waals surface area contributed by atoms with Crippen molar-refractivity contribution in [3.05, 3.63) is 67.0 Å². The van der Waals surface area contributed by atoms with Crippen molar-refractivity contribution in [2.45, 2.75) is 6.54 Å². The average Bonchev–Trinajstić information content (AvgIpc) is 2.55. The Morgan fingerprint density at radius 3 is 2.39 bits per heavy atom. The van der Waals surface area contributed by atoms with Crippen LogP contribution in [0.3, 0.4) is 0 Å². The van der Waals surface area contributed by atoms with Crippen molar-refractivity contribution in [1.29, 1.82) is 0 Å². The van der Waals surface area contributed by atoms with E-state index in [0.29, 0.717) is 6.54 Å². The lowest BCUT2D eigenvalue weighted by Crippen LogP contribution is -2.39. The van der Waals surface area contributed by atoms with Gasteiger partial charge in [0.05, 0.1) is 0 Å². The minimum Gasteiger partial charge on any atom is -0.377 e. The highest BCUT2D eigenvalue weighted by Gasteiger charge is 2.10. The van der Waals surface area contributed by atoms with Crippen LogP contribution in [0.15, 0.2) is 67.0 Å². The fraction of sp³-hybridized carbons (Fsp3) is 0.158. The monoisotopic (exact) mass is 306 g/mol. The number of carbonyl (C=O) groups excluding carboxylic acids is 1. The van der Waals surface area contributed by atoms with Crippen LogP contribution in [0.5, 0.6) is 0 Å². The number of anilines is 2. The smallest absolute Gasteiger partial charge is 0.290 e. The first-order valence-electron chi connectivity index (χ1n) is 7.57. The summed E-state index contributed by atoms with van der Waals surface area (Å²) in [7, 11) is 3.98. The lowest BCUT2D eigenvalue weighted by Gasteiger charge is -2.10. The van der Waals surface area contributed by atoms with Gasteiger partial charge >= 0.3 is 0 Å². The molecule has 3 rings (SSSR count). The van der Waals surface area contributed by atoms with E-state index in [2.05, 4.69) is 11.4 Å². The molecule has 23 heavy (non-hydrogen) atoms. The molecule has 2 aromatic carbocycles. The second-order valence-corrected chi connectivity index (χ2v) is 5.73. The van der Waals surface area contributed by atoms with E-state index in [4.69, 9.17) is 0 Å². The second-order valence-electron chi connectivity index (χ2n) is 5.73. The van der Waals surface area contributed by atoms with Crippen LogP contribution >= 0.6 is 0 Å². The molecule has 0 aliphatic rings. The molecule has 3 aromatic rings. The molecule has 0 saturated carbocycles. The lowest BCUT2D eigenvalue weighted by molar-refractivity contribution is -0.684. The van der Waals surface area contributed by atoms with Gasteiger partial charge in [-0.1, -0.05) is 30.3 Å². The Kier molecular flexibility index (Phi) is 4.24. The van der Waals surface area contributed by atoms with Gasteiger partial charge in [-0.15, -0.1) is 0 Å². The first-order chi connectivity index (χ1) is 11.1. The van der Waals surface area contributed by atoms with Gasteiger partial charge in [-0.3, -0.25) is 4.79 Å². The van der Waals surface area contributed by atoms with Gasteiger partial charge in [0.15, 0.2) is 12.4 Å². The number of fused-ring (bicyclic) bond motifs is 1. The first kappa shape index (κ1) is 15.0. The van der Waals surface area contributed by atoms with Crippen LogP contribution in [0.4, 0.5) is 11.4 Å². The summed E-state index contributed by atoms with van der Waals surface area (Å²) in [4.78, 5) is 14.2. The molecular weight excluding hydrogens is 286 g/mol. The number of aromatic nitrogens is 1. The fourth-order valence-corrected chi connectivity index (χ4v) is 2.49. The van der Waals surface area contributed by atoms with Crippen LogP contribution in [-0.2, 0) is 11.3 Å². The Hall–Kier alpha value is -2.88. The van der Waals surface area contributed by atoms with Crippen molar-refractivity contribution in [2.75, 3.05) is 24.3 Å². The molecule has 0 atom stereocenters. The summed E-state index contributed by atoms with van der Waals surface area (Å²) in [6, 6.07) is 18.0. The second kappa shape index (κ2) is 6.48. The van der Waals surface area contributed by atoms with Crippen LogP contribution in [-0.4, -0.2) is 20.0 Å². The molecule has 0 spiro atoms. The van der Waals surface area contributed by atoms with E-state index in [-0.39, 0.29) is 5.91 Å². The predicted octanol–water partition coefficient (Wildman–Crippen LogP) is 2.83. The molecule has 0 unspecified atom stereocenters. The SMILES string of the molecule is CN(C)c1cc[n+](CC(=O)Nc2ccc3ccccc3c2)cc1. The lowest BCUT2D eigenvalue weighted by atomic mass is 10.1. The summed E-state index contributed by atoms with van der Waals surface area (Å²) in [6.07, 6.45) is 3.82. The quantitative estimate of drug-likeness (QED) is 0.753. The Morgan fingerprint density at radius 2 is 1.70 bits per heavy atom. The van der Waals surface area contributed by atoms with Crippen molar-refractivity contribution in [2.24, 2.45) is 0 Å². The molecule has 0 saturated heterocycles. The third kappa shape index (κ3) is 3.66. The van der Waals surface area contributed by atoms with Gasteiger partial charge in [0.25, 0.3) is 5.91 Å². The average molecular weight is 306 g/mol. The van der Waals surface area contributed by atoms with E-state index >= 15 is 0 Å². The first-order valence-corrected chi connectivity index (χ1v) is 7.57. The highest BCUT2D eigenvalue weighted by Crippen LogP contribution is 2.18. The standard InChI is InChI=1S/C19H19N3O/c1-21(2)18-9-11-22(12-10-18)14-19(23)20-17-8-7-15-5-3-4-6-16(15)13-17/h3-13H,14H2,1-2H3/p+1. The van der Waals surface area contributed by atoms with E-state index in [1.54, 1.807) is 0 Å². The predicted molar refractivity (Wildman–Crippen MR) is 93.5 cm³/mol. The van der Waals surface area contributed by atoms with Gasteiger partial charge < -0.3 is 10.2 Å². The summed E-state index contributed by atoms with van der Waals surface area (Å²) in [6.45, 7) is 0.292. The molecule has 4 nitrogen and oxygen atoms in total. The van der Waals surface area contributed by atoms with E-state index in [9.17, 15) is 4.79 Å². The summed E-state index contributed by atoms with van der Waals surface area (Å²) in [5, 5.41) is 5.23. The molecule has 0 aliphatic heterocycles. The molecule has 0 bridgehead atoms. The van der Waals surface area contributed by atoms with Crippen LogP contribution in [0.2, 0.25) is 0 Å². The molecule has 0 aliphatic carbocycles. The number of benzene rings is 2. The van der Waals surface area contributed by atoms with E-state index in [1.807, 2.05) is 84.5 Å². The highest BCUT2D eigenvalue weighted by molar-refractivity contribution is 5.93. The molecule has 1 aromatic heterocycles. The summed E-state index contributed by atoms with van der Waals surface area (Å²) in [5.74, 6) is -0.0390. The third-order valence-corrected chi connectivity index (χ3v) is 3.75. The Morgan fingerprint density at radius 1 is 1.00 bits per heavy atom. The van der Waals surface area contributed by atoms with Gasteiger partial charge in [-0.05, 0) is 22.9 Å². The van der Waals surface area contributed by atoms with E-state index in [0.717, 1.165) is 16.8 Å². The van der Waals surface area contributed by atoms with Crippen molar-refractivity contribution in [3.63, 3.8) is 0 Å². The number of nitrogens with one attached hydrogen (secondary N) is 1. The Bertz CT molecular complexity index is 825. The molecule has 4 heteroatoms. The molecule has 1 amide bonds. The Balaban J connectivity index is 1.68. The van der Waals surface area contributed by atoms with Gasteiger partial charge in [0, 0.05) is 37.6 Å². The number of carbonyl (C=O) groups is 1. The van der Waals surface area contributed by atoms with Gasteiger partial charge in [0.1, 0.15) is 0 Å². The topological polar surface area (TPSA) is 36.2 Å². The van der Waals surface area contributed by atoms with E-state index < -0.39 is 0 Å². The number of nitrogens with zero attached hydrogens (tertiary/aromatic N) is 2. The van der Waals surface area contributed by atoms with Crippen LogP contribution < -0.4 is 14.8 Å². The third-order valence-electron chi connectivity index (χ3n) is 3.75. The van der Waals surface area contributed by atoms with Crippen molar-refractivity contribution in [1.82, 2.24) is 0 Å². The van der Waals surface area contributed by atoms with Gasteiger partial charge in [0.2, 0.25) is 6.54 Å². The number of rotatable bonds is 4. The zero-order valence-electron chi connectivity index (χ0n) is 13.4. The number of hydrogen-bond donors (Lipinski definition) is 1. The number of pyridine rings is 1. The highest BCUT2D eigenvalue weighted by atomic mass is 16.1. The van der Waals surface area contributed by atoms with Crippen LogP contribution in [0.25, 0.3) is 10.8 Å². The molecule has 0 fully saturated rings. The summed E-state index contributed by atoms with van der Waals surface area (Å²) < 4.78 is 1.86. The van der Waals surface area contributed by atoms with E-state index in [1.165, 1.54) is 5.39 Å². The Labute approximate surface area is 136 Å². The molecular formula is C19H20N3O+. The molecule has 116 valence electrons. The normalized spacial score (nSPS) is 10.5. The zero-order chi connectivity index (χ0) is 16.2. The fourth-order valence-electron chi connectivity index (χ4n) is 2.49. The van der Waals surface area contributed by atoms with Crippen LogP contribution in [0, 0.1) is 0 Å². The molecule has 0 radical (unpaired) electrons. The maximum absolute atomic E-state index is 12.2. The van der Waals surface area contributed by atoms with Crippen molar-refractivity contribution < 1.29 is 9.36 Å². The molecule has 1 heterocycles. The van der Waals surface area contributed by atoms with Gasteiger partial charge in [-0.2, -0.15) is 4.57 Å². The number of amides is 1. The van der Waals surface area contributed by atoms with Crippen molar-refractivity contribution in [3.8, 4) is 0 Å². The van der Waals surface area contributed by atoms with Gasteiger partial charge in [-0.25, -0.2) is 0 Å². The largest absolute Gasteiger partial charge is 0.377 e. The molecule has 1 N–H and O–H groups in total. The van der Waals surface area contributed by atoms with Crippen LogP contribution in [0.1, 0.15) is 0 Å². The maximum Gasteiger partial charge on any atom is 0.290 e. The minimum atomic E-state index is -0.0390. The number of hydrogen-bond acceptors (Lipinski definition) is 2. The maximum atomic E-state index is 12.2. The summed E-state index contributed by atoms with van der Waals surface area (Å²) in [5.41, 5.74) is 1.93. The zero-order valence-corrected chi connectivity index (χ0v) is 13.4. The summed E-state index contributed by atoms with van der Waals surface area (Å²) >= 11 is 0. The van der Waals surface area contributed by atoms with Crippen molar-refractivity contribution >= 4 is 28.1 Å².